The van der Waals surface area contributed by atoms with Crippen LogP contribution in [0.5, 0.6) is 5.75 Å². The van der Waals surface area contributed by atoms with E-state index in [0.717, 1.165) is 61.9 Å². The molecule has 1 fully saturated rings. The molecule has 1 saturated heterocycles. The topological polar surface area (TPSA) is 28.6 Å². The number of allylic oxidation sites excluding steroid dienone is 2. The molecule has 0 spiro atoms. The Kier molecular flexibility index (Phi) is 4.52. The summed E-state index contributed by atoms with van der Waals surface area (Å²) in [6.45, 7) is 8.52. The minimum atomic E-state index is 0.950. The first-order chi connectivity index (χ1) is 12.2. The standard InChI is InChI=1S/C20H25N3OS/c1-4-15-12-16-19(24-14(15)2)17(18-6-5-11-25-18)13-21-20(16)23-9-7-22(3)8-10-23/h5-6,11,13H,4,7-10,12H2,1-3H3. The third-order valence-electron chi connectivity index (χ3n) is 5.26. The maximum absolute atomic E-state index is 6.35. The Labute approximate surface area is 153 Å². The smallest absolute Gasteiger partial charge is 0.144 e. The van der Waals surface area contributed by atoms with Crippen molar-refractivity contribution in [2.24, 2.45) is 0 Å². The Balaban J connectivity index is 1.79. The molecule has 0 N–H and O–H groups in total. The van der Waals surface area contributed by atoms with E-state index in [2.05, 4.69) is 48.2 Å². The Bertz CT molecular complexity index is 790. The number of aromatic nitrogens is 1. The average Bonchev–Trinajstić information content (AvgIpc) is 3.15. The van der Waals surface area contributed by atoms with Crippen LogP contribution < -0.4 is 9.64 Å². The van der Waals surface area contributed by atoms with Gasteiger partial charge in [0.05, 0.1) is 5.56 Å². The summed E-state index contributed by atoms with van der Waals surface area (Å²) in [4.78, 5) is 10.9. The molecule has 4 rings (SSSR count). The number of thiophene rings is 1. The maximum atomic E-state index is 6.35. The molecular formula is C20H25N3OS. The van der Waals surface area contributed by atoms with Crippen molar-refractivity contribution in [1.82, 2.24) is 9.88 Å². The lowest BCUT2D eigenvalue weighted by molar-refractivity contribution is 0.311. The number of anilines is 1. The molecule has 132 valence electrons. The third-order valence-corrected chi connectivity index (χ3v) is 6.17. The fourth-order valence-corrected chi connectivity index (χ4v) is 4.37. The van der Waals surface area contributed by atoms with Crippen LogP contribution in [0.25, 0.3) is 10.4 Å². The number of hydrogen-bond donors (Lipinski definition) is 0. The molecule has 0 saturated carbocycles. The summed E-state index contributed by atoms with van der Waals surface area (Å²) in [5.74, 6) is 3.19. The number of pyridine rings is 1. The van der Waals surface area contributed by atoms with E-state index in [0.29, 0.717) is 0 Å². The second kappa shape index (κ2) is 6.81. The van der Waals surface area contributed by atoms with Crippen molar-refractivity contribution in [2.75, 3.05) is 38.1 Å². The zero-order valence-corrected chi connectivity index (χ0v) is 16.0. The quantitative estimate of drug-likeness (QED) is 0.826. The predicted molar refractivity (Wildman–Crippen MR) is 105 cm³/mol. The molecule has 2 aliphatic rings. The van der Waals surface area contributed by atoms with Gasteiger partial charge in [0.1, 0.15) is 17.3 Å². The molecular weight excluding hydrogens is 330 g/mol. The highest BCUT2D eigenvalue weighted by Gasteiger charge is 2.27. The van der Waals surface area contributed by atoms with Gasteiger partial charge in [-0.1, -0.05) is 13.0 Å². The minimum absolute atomic E-state index is 0.950. The lowest BCUT2D eigenvalue weighted by Crippen LogP contribution is -2.45. The van der Waals surface area contributed by atoms with Gasteiger partial charge in [0.2, 0.25) is 0 Å². The summed E-state index contributed by atoms with van der Waals surface area (Å²) >= 11 is 1.74. The Hall–Kier alpha value is -1.85. The van der Waals surface area contributed by atoms with E-state index in [4.69, 9.17) is 9.72 Å². The molecule has 0 radical (unpaired) electrons. The maximum Gasteiger partial charge on any atom is 0.144 e. The van der Waals surface area contributed by atoms with Crippen molar-refractivity contribution in [3.63, 3.8) is 0 Å². The zero-order valence-electron chi connectivity index (χ0n) is 15.2. The Morgan fingerprint density at radius 2 is 2.04 bits per heavy atom. The van der Waals surface area contributed by atoms with Gasteiger partial charge in [-0.2, -0.15) is 0 Å². The molecule has 0 atom stereocenters. The highest BCUT2D eigenvalue weighted by atomic mass is 32.1. The van der Waals surface area contributed by atoms with E-state index < -0.39 is 0 Å². The van der Waals surface area contributed by atoms with Gasteiger partial charge in [0.15, 0.2) is 0 Å². The van der Waals surface area contributed by atoms with Crippen LogP contribution in [-0.4, -0.2) is 43.1 Å². The lowest BCUT2D eigenvalue weighted by Gasteiger charge is -2.36. The lowest BCUT2D eigenvalue weighted by atomic mass is 9.96. The fourth-order valence-electron chi connectivity index (χ4n) is 3.64. The highest BCUT2D eigenvalue weighted by Crippen LogP contribution is 2.44. The largest absolute Gasteiger partial charge is 0.461 e. The predicted octanol–water partition coefficient (Wildman–Crippen LogP) is 4.18. The zero-order chi connectivity index (χ0) is 17.4. The van der Waals surface area contributed by atoms with E-state index in [1.807, 2.05) is 6.20 Å². The van der Waals surface area contributed by atoms with Gasteiger partial charge >= 0.3 is 0 Å². The number of rotatable bonds is 3. The molecule has 2 aromatic rings. The van der Waals surface area contributed by atoms with Gasteiger partial charge in [-0.05, 0) is 37.4 Å². The van der Waals surface area contributed by atoms with Crippen LogP contribution in [-0.2, 0) is 6.42 Å². The third kappa shape index (κ3) is 3.07. The summed E-state index contributed by atoms with van der Waals surface area (Å²) in [6.07, 6.45) is 3.98. The van der Waals surface area contributed by atoms with Crippen LogP contribution in [0.2, 0.25) is 0 Å². The number of nitrogens with zero attached hydrogens (tertiary/aromatic N) is 3. The van der Waals surface area contributed by atoms with Gasteiger partial charge in [0.25, 0.3) is 0 Å². The van der Waals surface area contributed by atoms with Gasteiger partial charge in [-0.15, -0.1) is 11.3 Å². The molecule has 0 aromatic carbocycles. The van der Waals surface area contributed by atoms with Crippen molar-refractivity contribution in [3.05, 3.63) is 40.6 Å². The molecule has 4 heterocycles. The first kappa shape index (κ1) is 16.6. The highest BCUT2D eigenvalue weighted by molar-refractivity contribution is 7.13. The molecule has 0 unspecified atom stereocenters. The molecule has 0 amide bonds. The summed E-state index contributed by atoms with van der Waals surface area (Å²) in [5.41, 5.74) is 3.77. The van der Waals surface area contributed by atoms with Crippen LogP contribution in [0, 0.1) is 0 Å². The molecule has 25 heavy (non-hydrogen) atoms. The first-order valence-corrected chi connectivity index (χ1v) is 9.91. The summed E-state index contributed by atoms with van der Waals surface area (Å²) < 4.78 is 6.35. The molecule has 2 aliphatic heterocycles. The van der Waals surface area contributed by atoms with Gasteiger partial charge in [-0.25, -0.2) is 4.98 Å². The van der Waals surface area contributed by atoms with Crippen LogP contribution in [0.15, 0.2) is 35.0 Å². The number of likely N-dealkylation sites (N-methyl/N-ethyl adjacent to an activating group) is 1. The molecule has 5 heteroatoms. The first-order valence-electron chi connectivity index (χ1n) is 9.03. The molecule has 0 bridgehead atoms. The van der Waals surface area contributed by atoms with Crippen molar-refractivity contribution in [1.29, 1.82) is 0 Å². The van der Waals surface area contributed by atoms with Crippen LogP contribution in [0.4, 0.5) is 5.82 Å². The number of piperazine rings is 1. The van der Waals surface area contributed by atoms with E-state index in [9.17, 15) is 0 Å². The second-order valence-corrected chi connectivity index (χ2v) is 7.81. The summed E-state index contributed by atoms with van der Waals surface area (Å²) in [5, 5.41) is 2.11. The minimum Gasteiger partial charge on any atom is -0.461 e. The van der Waals surface area contributed by atoms with Crippen molar-refractivity contribution in [3.8, 4) is 16.2 Å². The van der Waals surface area contributed by atoms with Crippen molar-refractivity contribution in [2.45, 2.75) is 26.7 Å². The SMILES string of the molecule is CCC1=C(C)Oc2c(-c3cccs3)cnc(N3CCN(C)CC3)c2C1. The van der Waals surface area contributed by atoms with Crippen LogP contribution >= 0.6 is 11.3 Å². The van der Waals surface area contributed by atoms with Crippen molar-refractivity contribution >= 4 is 17.2 Å². The molecule has 4 nitrogen and oxygen atoms in total. The van der Waals surface area contributed by atoms with E-state index >= 15 is 0 Å². The number of fused-ring (bicyclic) bond motifs is 1. The monoisotopic (exact) mass is 355 g/mol. The number of hydrogen-bond acceptors (Lipinski definition) is 5. The Morgan fingerprint density at radius 1 is 1.24 bits per heavy atom. The normalized spacial score (nSPS) is 18.3. The Morgan fingerprint density at radius 3 is 2.72 bits per heavy atom. The van der Waals surface area contributed by atoms with Crippen molar-refractivity contribution < 1.29 is 4.74 Å². The van der Waals surface area contributed by atoms with Gasteiger partial charge in [0, 0.05) is 49.2 Å². The van der Waals surface area contributed by atoms with Crippen LogP contribution in [0.3, 0.4) is 0 Å². The number of ether oxygens (including phenoxy) is 1. The molecule has 2 aromatic heterocycles. The summed E-state index contributed by atoms with van der Waals surface area (Å²) in [7, 11) is 2.19. The van der Waals surface area contributed by atoms with Crippen LogP contribution in [0.1, 0.15) is 25.8 Å². The van der Waals surface area contributed by atoms with E-state index in [-0.39, 0.29) is 0 Å². The van der Waals surface area contributed by atoms with E-state index in [1.165, 1.54) is 16.0 Å². The fraction of sp³-hybridized carbons (Fsp3) is 0.450. The summed E-state index contributed by atoms with van der Waals surface area (Å²) in [6, 6.07) is 4.24. The average molecular weight is 356 g/mol. The second-order valence-electron chi connectivity index (χ2n) is 6.86. The van der Waals surface area contributed by atoms with Gasteiger partial charge < -0.3 is 14.5 Å². The molecule has 0 aliphatic carbocycles. The van der Waals surface area contributed by atoms with Gasteiger partial charge in [-0.3, -0.25) is 0 Å². The van der Waals surface area contributed by atoms with E-state index in [1.54, 1.807) is 11.3 Å².